The molecule has 2 aliphatic rings. The minimum Gasteiger partial charge on any atom is -0.465 e. The molecule has 0 radical (unpaired) electrons. The Morgan fingerprint density at radius 1 is 1.11 bits per heavy atom. The van der Waals surface area contributed by atoms with Gasteiger partial charge in [-0.05, 0) is 30.9 Å². The third-order valence-electron chi connectivity index (χ3n) is 5.51. The number of fused-ring (bicyclic) bond motifs is 1. The van der Waals surface area contributed by atoms with Gasteiger partial charge in [-0.3, -0.25) is 18.7 Å². The van der Waals surface area contributed by atoms with Crippen LogP contribution in [0.4, 0.5) is 5.82 Å². The van der Waals surface area contributed by atoms with Gasteiger partial charge in [0.25, 0.3) is 5.56 Å². The topological polar surface area (TPSA) is 86.2 Å². The molecule has 2 aromatic rings. The fraction of sp³-hybridized carbons (Fsp3) is 0.450. The van der Waals surface area contributed by atoms with E-state index in [0.717, 1.165) is 10.3 Å². The largest absolute Gasteiger partial charge is 0.465 e. The number of nitrogens with zero attached hydrogens (tertiary/aromatic N) is 2. The summed E-state index contributed by atoms with van der Waals surface area (Å²) in [7, 11) is 3.07. The van der Waals surface area contributed by atoms with Crippen LogP contribution < -0.4 is 16.6 Å². The lowest BCUT2D eigenvalue weighted by Gasteiger charge is -2.38. The molecule has 7 nitrogen and oxygen atoms in total. The van der Waals surface area contributed by atoms with E-state index in [1.165, 1.54) is 11.6 Å². The van der Waals surface area contributed by atoms with Crippen LogP contribution in [0, 0.1) is 12.3 Å². The van der Waals surface area contributed by atoms with Gasteiger partial charge in [-0.15, -0.1) is 0 Å². The number of carbonyl (C=O) groups is 1. The Labute approximate surface area is 156 Å². The molecule has 0 spiro atoms. The zero-order chi connectivity index (χ0) is 19.7. The molecule has 0 amide bonds. The molecule has 0 saturated carbocycles. The van der Waals surface area contributed by atoms with Crippen molar-refractivity contribution in [3.8, 4) is 0 Å². The number of rotatable bonds is 1. The highest BCUT2D eigenvalue weighted by atomic mass is 16.3. The molecule has 0 saturated heterocycles. The second-order valence-electron chi connectivity index (χ2n) is 8.31. The predicted molar refractivity (Wildman–Crippen MR) is 101 cm³/mol. The average molecular weight is 369 g/mol. The summed E-state index contributed by atoms with van der Waals surface area (Å²) in [5.74, 6) is 1.09. The fourth-order valence-electron chi connectivity index (χ4n) is 4.24. The van der Waals surface area contributed by atoms with Crippen molar-refractivity contribution in [3.05, 3.63) is 61.3 Å². The van der Waals surface area contributed by atoms with Crippen LogP contribution in [0.5, 0.6) is 0 Å². The summed E-state index contributed by atoms with van der Waals surface area (Å²) in [5.41, 5.74) is 0.705. The number of ketones is 1. The van der Waals surface area contributed by atoms with Gasteiger partial charge in [-0.1, -0.05) is 13.8 Å². The van der Waals surface area contributed by atoms with E-state index >= 15 is 0 Å². The van der Waals surface area contributed by atoms with E-state index in [9.17, 15) is 14.4 Å². The van der Waals surface area contributed by atoms with Crippen molar-refractivity contribution in [2.75, 3.05) is 5.32 Å². The van der Waals surface area contributed by atoms with E-state index < -0.39 is 17.2 Å². The lowest BCUT2D eigenvalue weighted by atomic mass is 9.70. The first-order valence-corrected chi connectivity index (χ1v) is 9.00. The number of Topliss-reactive ketones (excluding diaryl/α,β-unsaturated/α-hetero) is 1. The summed E-state index contributed by atoms with van der Waals surface area (Å²) in [4.78, 5) is 38.5. The lowest BCUT2D eigenvalue weighted by molar-refractivity contribution is -0.118. The SMILES string of the molecule is Cc1ccc(C2C3=C(CC(C)(C)CC3=O)Nc3c2c(=O)n(C)c(=O)n3C)o1. The Morgan fingerprint density at radius 3 is 2.44 bits per heavy atom. The molecule has 1 aliphatic heterocycles. The molecule has 27 heavy (non-hydrogen) atoms. The Morgan fingerprint density at radius 2 is 1.81 bits per heavy atom. The molecule has 4 rings (SSSR count). The first-order valence-electron chi connectivity index (χ1n) is 9.00. The quantitative estimate of drug-likeness (QED) is 0.833. The van der Waals surface area contributed by atoms with Crippen molar-refractivity contribution in [1.82, 2.24) is 9.13 Å². The third kappa shape index (κ3) is 2.52. The van der Waals surface area contributed by atoms with E-state index in [4.69, 9.17) is 4.42 Å². The number of carbonyl (C=O) groups excluding carboxylic acids is 1. The Bertz CT molecular complexity index is 1130. The highest BCUT2D eigenvalue weighted by molar-refractivity contribution is 6.01. The van der Waals surface area contributed by atoms with Gasteiger partial charge in [0.1, 0.15) is 17.3 Å². The van der Waals surface area contributed by atoms with Crippen molar-refractivity contribution in [3.63, 3.8) is 0 Å². The van der Waals surface area contributed by atoms with Crippen LogP contribution in [0.2, 0.25) is 0 Å². The minimum atomic E-state index is -0.612. The van der Waals surface area contributed by atoms with Gasteiger partial charge in [0, 0.05) is 31.8 Å². The van der Waals surface area contributed by atoms with Gasteiger partial charge >= 0.3 is 5.69 Å². The number of aryl methyl sites for hydroxylation is 1. The van der Waals surface area contributed by atoms with E-state index in [1.807, 2.05) is 26.8 Å². The number of hydrogen-bond donors (Lipinski definition) is 1. The molecule has 3 heterocycles. The van der Waals surface area contributed by atoms with E-state index in [-0.39, 0.29) is 11.2 Å². The van der Waals surface area contributed by atoms with Crippen LogP contribution >= 0.6 is 0 Å². The summed E-state index contributed by atoms with van der Waals surface area (Å²) in [6, 6.07) is 3.62. The number of allylic oxidation sites excluding steroid dienone is 2. The van der Waals surface area contributed by atoms with Gasteiger partial charge in [0.05, 0.1) is 11.5 Å². The molecule has 1 N–H and O–H groups in total. The zero-order valence-electron chi connectivity index (χ0n) is 16.2. The predicted octanol–water partition coefficient (Wildman–Crippen LogP) is 2.19. The highest BCUT2D eigenvalue weighted by Gasteiger charge is 2.44. The van der Waals surface area contributed by atoms with Gasteiger partial charge in [-0.25, -0.2) is 4.79 Å². The molecule has 0 fully saturated rings. The summed E-state index contributed by atoms with van der Waals surface area (Å²) >= 11 is 0. The summed E-state index contributed by atoms with van der Waals surface area (Å²) in [5, 5.41) is 3.24. The maximum absolute atomic E-state index is 13.1. The monoisotopic (exact) mass is 369 g/mol. The van der Waals surface area contributed by atoms with Crippen LogP contribution in [0.15, 0.2) is 37.4 Å². The minimum absolute atomic E-state index is 0.00867. The van der Waals surface area contributed by atoms with Crippen LogP contribution in [0.1, 0.15) is 49.7 Å². The third-order valence-corrected chi connectivity index (χ3v) is 5.51. The number of hydrogen-bond acceptors (Lipinski definition) is 5. The Kier molecular flexibility index (Phi) is 3.63. The first-order chi connectivity index (χ1) is 12.6. The standard InChI is InChI=1S/C20H23N3O4/c1-10-6-7-13(27-10)15-14-11(8-20(2,3)9-12(14)24)21-17-16(15)18(25)23(5)19(26)22(17)4/h6-7,15,21H,8-9H2,1-5H3. The molecule has 7 heteroatoms. The number of furan rings is 1. The first kappa shape index (κ1) is 17.6. The van der Waals surface area contributed by atoms with Gasteiger partial charge < -0.3 is 9.73 Å². The second kappa shape index (κ2) is 5.58. The van der Waals surface area contributed by atoms with Gasteiger partial charge in [0.2, 0.25) is 0 Å². The summed E-state index contributed by atoms with van der Waals surface area (Å²) in [6.45, 7) is 5.91. The molecular formula is C20H23N3O4. The van der Waals surface area contributed by atoms with Crippen LogP contribution in [0.3, 0.4) is 0 Å². The van der Waals surface area contributed by atoms with Crippen LogP contribution in [-0.4, -0.2) is 14.9 Å². The normalized spacial score (nSPS) is 20.9. The van der Waals surface area contributed by atoms with E-state index in [0.29, 0.717) is 41.3 Å². The van der Waals surface area contributed by atoms with Crippen molar-refractivity contribution in [2.45, 2.75) is 39.5 Å². The van der Waals surface area contributed by atoms with E-state index in [1.54, 1.807) is 13.1 Å². The number of anilines is 1. The average Bonchev–Trinajstić information content (AvgIpc) is 3.01. The van der Waals surface area contributed by atoms with Crippen molar-refractivity contribution in [1.29, 1.82) is 0 Å². The molecule has 1 aliphatic carbocycles. The summed E-state index contributed by atoms with van der Waals surface area (Å²) in [6.07, 6.45) is 1.07. The lowest BCUT2D eigenvalue weighted by Crippen LogP contribution is -2.44. The Hall–Kier alpha value is -2.83. The molecule has 2 aromatic heterocycles. The second-order valence-corrected chi connectivity index (χ2v) is 8.31. The zero-order valence-corrected chi connectivity index (χ0v) is 16.2. The van der Waals surface area contributed by atoms with Crippen molar-refractivity contribution < 1.29 is 9.21 Å². The van der Waals surface area contributed by atoms with E-state index in [2.05, 4.69) is 5.32 Å². The molecule has 142 valence electrons. The van der Waals surface area contributed by atoms with Crippen LogP contribution in [-0.2, 0) is 18.9 Å². The highest BCUT2D eigenvalue weighted by Crippen LogP contribution is 2.47. The number of aromatic nitrogens is 2. The Balaban J connectivity index is 2.07. The fourth-order valence-corrected chi connectivity index (χ4v) is 4.24. The van der Waals surface area contributed by atoms with Crippen molar-refractivity contribution in [2.24, 2.45) is 19.5 Å². The van der Waals surface area contributed by atoms with Gasteiger partial charge in [-0.2, -0.15) is 0 Å². The van der Waals surface area contributed by atoms with Crippen LogP contribution in [0.25, 0.3) is 0 Å². The number of nitrogens with one attached hydrogen (secondary N) is 1. The smallest absolute Gasteiger partial charge is 0.332 e. The van der Waals surface area contributed by atoms with Crippen molar-refractivity contribution >= 4 is 11.6 Å². The summed E-state index contributed by atoms with van der Waals surface area (Å²) < 4.78 is 8.35. The maximum atomic E-state index is 13.1. The maximum Gasteiger partial charge on any atom is 0.332 e. The molecule has 1 atom stereocenters. The molecule has 0 bridgehead atoms. The molecule has 1 unspecified atom stereocenters. The van der Waals surface area contributed by atoms with Gasteiger partial charge in [0.15, 0.2) is 5.78 Å². The molecular weight excluding hydrogens is 346 g/mol. The molecule has 0 aromatic carbocycles.